The summed E-state index contributed by atoms with van der Waals surface area (Å²) in [5, 5.41) is 6.28. The van der Waals surface area contributed by atoms with Gasteiger partial charge < -0.3 is 15.1 Å². The Morgan fingerprint density at radius 1 is 0.981 bits per heavy atom. The molecule has 2 N–H and O–H groups in total. The number of nitrogens with zero attached hydrogens (tertiary/aromatic N) is 7. The number of nitrogens with one attached hydrogen (secondary N) is 2. The van der Waals surface area contributed by atoms with E-state index >= 15 is 0 Å². The molecule has 3 aromatic heterocycles. The zero-order chi connectivity index (χ0) is 37.5. The van der Waals surface area contributed by atoms with Crippen molar-refractivity contribution in [3.05, 3.63) is 75.3 Å². The number of piperazine rings is 1. The third kappa shape index (κ3) is 6.86. The highest BCUT2D eigenvalue weighted by atomic mass is 32.2. The number of ketones is 1. The summed E-state index contributed by atoms with van der Waals surface area (Å²) in [5.41, 5.74) is 3.72. The number of benzene rings is 1. The van der Waals surface area contributed by atoms with Crippen LogP contribution in [0.5, 0.6) is 0 Å². The smallest absolute Gasteiger partial charge is 0.263 e. The molecule has 8 rings (SSSR count). The summed E-state index contributed by atoms with van der Waals surface area (Å²) in [6.07, 6.45) is 7.97. The Kier molecular flexibility index (Phi) is 9.92. The number of carbonyl (C=O) groups is 4. The van der Waals surface area contributed by atoms with Gasteiger partial charge in [-0.1, -0.05) is 18.9 Å². The topological polar surface area (TPSA) is 163 Å². The number of fused-ring (bicyclic) bond motifs is 2. The molecule has 0 spiro atoms. The third-order valence-electron chi connectivity index (χ3n) is 11.2. The summed E-state index contributed by atoms with van der Waals surface area (Å²) in [6.45, 7) is 8.06. The fourth-order valence-corrected chi connectivity index (χ4v) is 9.37. The number of pyridine rings is 2. The predicted octanol–water partition coefficient (Wildman–Crippen LogP) is 4.23. The summed E-state index contributed by atoms with van der Waals surface area (Å²) in [7, 11) is 0. The fraction of sp³-hybridized carbons (Fsp3) is 0.436. The number of hydrogen-bond acceptors (Lipinski definition) is 12. The van der Waals surface area contributed by atoms with Gasteiger partial charge in [-0.15, -0.1) is 11.8 Å². The van der Waals surface area contributed by atoms with Gasteiger partial charge in [0.05, 0.1) is 17.4 Å². The van der Waals surface area contributed by atoms with Crippen molar-refractivity contribution in [3.8, 4) is 0 Å². The van der Waals surface area contributed by atoms with E-state index in [4.69, 9.17) is 4.98 Å². The normalized spacial score (nSPS) is 19.4. The lowest BCUT2D eigenvalue weighted by Crippen LogP contribution is -2.52. The van der Waals surface area contributed by atoms with Crippen molar-refractivity contribution in [1.82, 2.24) is 34.6 Å². The summed E-state index contributed by atoms with van der Waals surface area (Å²) >= 11 is 1.73. The molecule has 1 unspecified atom stereocenters. The van der Waals surface area contributed by atoms with Crippen molar-refractivity contribution in [3.63, 3.8) is 0 Å². The van der Waals surface area contributed by atoms with E-state index in [1.807, 2.05) is 36.5 Å². The van der Waals surface area contributed by atoms with Crippen LogP contribution in [-0.2, 0) is 16.1 Å². The summed E-state index contributed by atoms with van der Waals surface area (Å²) in [6, 6.07) is 9.10. The van der Waals surface area contributed by atoms with Crippen molar-refractivity contribution in [2.24, 2.45) is 0 Å². The van der Waals surface area contributed by atoms with E-state index in [2.05, 4.69) is 30.4 Å². The van der Waals surface area contributed by atoms with Crippen molar-refractivity contribution in [2.45, 2.75) is 75.9 Å². The lowest BCUT2D eigenvalue weighted by atomic mass is 10.0. The molecule has 2 saturated heterocycles. The lowest BCUT2D eigenvalue weighted by molar-refractivity contribution is -0.136. The number of amides is 3. The molecule has 1 saturated carbocycles. The Hall–Kier alpha value is -5.15. The molecule has 280 valence electrons. The van der Waals surface area contributed by atoms with Gasteiger partial charge in [0.2, 0.25) is 17.8 Å². The Labute approximate surface area is 316 Å². The number of thioether (sulfide) groups is 1. The van der Waals surface area contributed by atoms with Crippen LogP contribution in [-0.4, -0.2) is 97.3 Å². The average molecular weight is 750 g/mol. The molecule has 15 heteroatoms. The molecule has 4 aromatic rings. The van der Waals surface area contributed by atoms with Gasteiger partial charge in [0.25, 0.3) is 11.5 Å². The van der Waals surface area contributed by atoms with Crippen molar-refractivity contribution in [1.29, 1.82) is 0 Å². The number of rotatable bonds is 10. The monoisotopic (exact) mass is 749 g/mol. The Morgan fingerprint density at radius 3 is 2.50 bits per heavy atom. The lowest BCUT2D eigenvalue weighted by Gasteiger charge is -2.36. The van der Waals surface area contributed by atoms with E-state index < -0.39 is 11.9 Å². The van der Waals surface area contributed by atoms with Crippen LogP contribution in [0.15, 0.2) is 52.4 Å². The van der Waals surface area contributed by atoms with Crippen LogP contribution in [0.1, 0.15) is 83.3 Å². The van der Waals surface area contributed by atoms with E-state index in [0.29, 0.717) is 46.9 Å². The minimum absolute atomic E-state index is 0.00882. The number of anilines is 3. The van der Waals surface area contributed by atoms with E-state index in [0.717, 1.165) is 80.3 Å². The molecule has 0 radical (unpaired) electrons. The molecule has 4 aliphatic rings. The van der Waals surface area contributed by atoms with Crippen LogP contribution in [0.25, 0.3) is 11.0 Å². The zero-order valence-electron chi connectivity index (χ0n) is 30.5. The molecule has 1 atom stereocenters. The maximum atomic E-state index is 13.5. The van der Waals surface area contributed by atoms with Crippen LogP contribution in [0.2, 0.25) is 0 Å². The van der Waals surface area contributed by atoms with Gasteiger partial charge in [-0.05, 0) is 68.5 Å². The van der Waals surface area contributed by atoms with Gasteiger partial charge >= 0.3 is 0 Å². The molecule has 0 bridgehead atoms. The first-order chi connectivity index (χ1) is 26.2. The van der Waals surface area contributed by atoms with Gasteiger partial charge in [0.1, 0.15) is 17.5 Å². The molecular weight excluding hydrogens is 707 g/mol. The van der Waals surface area contributed by atoms with Crippen LogP contribution in [0.3, 0.4) is 0 Å². The zero-order valence-corrected chi connectivity index (χ0v) is 31.3. The second-order valence-corrected chi connectivity index (χ2v) is 15.6. The maximum Gasteiger partial charge on any atom is 0.263 e. The maximum absolute atomic E-state index is 13.5. The molecule has 3 amide bonds. The van der Waals surface area contributed by atoms with E-state index in [1.165, 1.54) is 6.92 Å². The largest absolute Gasteiger partial charge is 0.368 e. The number of Topliss-reactive ketones (excluding diaryl/α,β-unsaturated/α-hetero) is 1. The van der Waals surface area contributed by atoms with Gasteiger partial charge in [0.15, 0.2) is 5.78 Å². The number of piperidine rings is 1. The van der Waals surface area contributed by atoms with E-state index in [9.17, 15) is 24.0 Å². The predicted molar refractivity (Wildman–Crippen MR) is 205 cm³/mol. The Morgan fingerprint density at radius 2 is 1.78 bits per heavy atom. The number of carbonyl (C=O) groups excluding carboxylic acids is 4. The minimum atomic E-state index is -0.616. The van der Waals surface area contributed by atoms with Crippen LogP contribution in [0.4, 0.5) is 17.5 Å². The van der Waals surface area contributed by atoms with Crippen LogP contribution < -0.4 is 21.1 Å². The summed E-state index contributed by atoms with van der Waals surface area (Å²) in [4.78, 5) is 84.7. The SMILES string of the molecule is CC(=O)c1c(C)c2cnc(Nc3ccc(N4CCN(CCSc5cccc6c5CN(C5CCC(=O)NC5=O)C6=O)CC4)cn3)nc2n(C2CCCC2)c1=O. The Balaban J connectivity index is 0.860. The Bertz CT molecular complexity index is 2210. The number of aromatic nitrogens is 4. The van der Waals surface area contributed by atoms with Gasteiger partial charge in [0, 0.05) is 79.5 Å². The second-order valence-electron chi connectivity index (χ2n) is 14.5. The fourth-order valence-electron chi connectivity index (χ4n) is 8.28. The number of hydrogen-bond donors (Lipinski definition) is 2. The van der Waals surface area contributed by atoms with Crippen LogP contribution >= 0.6 is 11.8 Å². The van der Waals surface area contributed by atoms with Gasteiger partial charge in [-0.3, -0.25) is 38.8 Å². The molecular formula is C39H43N9O5S. The first kappa shape index (κ1) is 35.9. The van der Waals surface area contributed by atoms with Crippen LogP contribution in [0, 0.1) is 6.92 Å². The van der Waals surface area contributed by atoms with E-state index in [1.54, 1.807) is 34.3 Å². The molecule has 54 heavy (non-hydrogen) atoms. The first-order valence-corrected chi connectivity index (χ1v) is 19.7. The molecule has 3 aliphatic heterocycles. The molecule has 1 aliphatic carbocycles. The summed E-state index contributed by atoms with van der Waals surface area (Å²) < 4.78 is 1.71. The average Bonchev–Trinajstić information content (AvgIpc) is 3.81. The van der Waals surface area contributed by atoms with Crippen molar-refractivity contribution < 1.29 is 19.2 Å². The van der Waals surface area contributed by atoms with Gasteiger partial charge in [-0.2, -0.15) is 4.98 Å². The summed E-state index contributed by atoms with van der Waals surface area (Å²) in [5.74, 6) is 0.731. The van der Waals surface area contributed by atoms with Gasteiger partial charge in [-0.25, -0.2) is 9.97 Å². The number of aryl methyl sites for hydroxylation is 1. The van der Waals surface area contributed by atoms with Crippen molar-refractivity contribution in [2.75, 3.05) is 48.7 Å². The molecule has 3 fully saturated rings. The highest BCUT2D eigenvalue weighted by Gasteiger charge is 2.40. The highest BCUT2D eigenvalue weighted by Crippen LogP contribution is 2.35. The quantitative estimate of drug-likeness (QED) is 0.135. The first-order valence-electron chi connectivity index (χ1n) is 18.7. The van der Waals surface area contributed by atoms with Crippen molar-refractivity contribution >= 4 is 63.8 Å². The molecule has 14 nitrogen and oxygen atoms in total. The second kappa shape index (κ2) is 14.9. The molecule has 6 heterocycles. The third-order valence-corrected chi connectivity index (χ3v) is 12.3. The van der Waals surface area contributed by atoms with E-state index in [-0.39, 0.29) is 41.2 Å². The number of imide groups is 1. The molecule has 1 aromatic carbocycles. The minimum Gasteiger partial charge on any atom is -0.368 e. The highest BCUT2D eigenvalue weighted by molar-refractivity contribution is 7.99. The standard InChI is InChI=1S/C39H43N9O5S/c1-23-28-21-41-39(44-35(28)48(25-6-3-4-7-25)38(53)34(23)24(2)49)42-32-12-10-26(20-40-32)46-16-14-45(15-17-46)18-19-54-31-9-5-8-27-29(31)22-47(37(27)52)30-11-13-33(50)43-36(30)51/h5,8-10,12,20-21,25,30H,3-4,6-7,11,13-19,22H2,1-2H3,(H,43,50,51)(H,40,41,42,44).